The van der Waals surface area contributed by atoms with Crippen LogP contribution in [0.3, 0.4) is 0 Å². The summed E-state index contributed by atoms with van der Waals surface area (Å²) in [6.45, 7) is 3.95. The van der Waals surface area contributed by atoms with Crippen molar-refractivity contribution in [2.45, 2.75) is 32.5 Å². The molecule has 0 bridgehead atoms. The highest BCUT2D eigenvalue weighted by molar-refractivity contribution is 5.74. The van der Waals surface area contributed by atoms with Crippen molar-refractivity contribution in [3.8, 4) is 0 Å². The number of carbonyl (C=O) groups excluding carboxylic acids is 1. The normalized spacial score (nSPS) is 11.2. The zero-order valence-corrected chi connectivity index (χ0v) is 11.7. The number of hydrogen-bond acceptors (Lipinski definition) is 5. The molecule has 0 aliphatic rings. The number of carbonyl (C=O) groups is 2. The minimum atomic E-state index is -1.01. The number of nitrogens with zero attached hydrogens (tertiary/aromatic N) is 3. The van der Waals surface area contributed by atoms with E-state index in [2.05, 4.69) is 20.9 Å². The monoisotopic (exact) mass is 285 g/mol. The van der Waals surface area contributed by atoms with Gasteiger partial charge in [-0.05, 0) is 13.8 Å². The maximum Gasteiger partial charge on any atom is 0.325 e. The first-order chi connectivity index (χ1) is 9.32. The summed E-state index contributed by atoms with van der Waals surface area (Å²) in [5.41, 5.74) is -0.00863. The SMILES string of the molecule is COCC(C)(C)NC(=O)NCc1cn(CC(=O)O)nn1. The first-order valence-corrected chi connectivity index (χ1v) is 5.98. The van der Waals surface area contributed by atoms with Gasteiger partial charge in [0.1, 0.15) is 12.2 Å². The van der Waals surface area contributed by atoms with Crippen LogP contribution in [0.4, 0.5) is 4.79 Å². The molecule has 0 atom stereocenters. The Morgan fingerprint density at radius 2 is 2.20 bits per heavy atom. The number of urea groups is 1. The third-order valence-electron chi connectivity index (χ3n) is 2.27. The van der Waals surface area contributed by atoms with Gasteiger partial charge in [-0.1, -0.05) is 5.21 Å². The minimum Gasteiger partial charge on any atom is -0.480 e. The van der Waals surface area contributed by atoms with E-state index in [0.717, 1.165) is 0 Å². The van der Waals surface area contributed by atoms with Gasteiger partial charge in [0, 0.05) is 7.11 Å². The van der Waals surface area contributed by atoms with E-state index < -0.39 is 11.5 Å². The smallest absolute Gasteiger partial charge is 0.325 e. The van der Waals surface area contributed by atoms with Crippen LogP contribution < -0.4 is 10.6 Å². The number of rotatable bonds is 7. The van der Waals surface area contributed by atoms with Crippen LogP contribution in [-0.2, 0) is 22.6 Å². The van der Waals surface area contributed by atoms with Gasteiger partial charge in [-0.25, -0.2) is 9.48 Å². The van der Waals surface area contributed by atoms with E-state index in [9.17, 15) is 9.59 Å². The van der Waals surface area contributed by atoms with E-state index in [-0.39, 0.29) is 19.1 Å². The van der Waals surface area contributed by atoms with E-state index in [0.29, 0.717) is 12.3 Å². The van der Waals surface area contributed by atoms with Gasteiger partial charge in [0.25, 0.3) is 0 Å². The summed E-state index contributed by atoms with van der Waals surface area (Å²) in [7, 11) is 1.56. The number of amides is 2. The summed E-state index contributed by atoms with van der Waals surface area (Å²) in [6, 6.07) is -0.361. The van der Waals surface area contributed by atoms with Gasteiger partial charge < -0.3 is 20.5 Å². The zero-order valence-electron chi connectivity index (χ0n) is 11.7. The molecule has 1 heterocycles. The Morgan fingerprint density at radius 3 is 2.80 bits per heavy atom. The second-order valence-corrected chi connectivity index (χ2v) is 4.93. The fraction of sp³-hybridized carbons (Fsp3) is 0.636. The molecule has 2 amide bonds. The Kier molecular flexibility index (Phi) is 5.44. The van der Waals surface area contributed by atoms with Crippen LogP contribution in [-0.4, -0.2) is 51.4 Å². The van der Waals surface area contributed by atoms with Crippen molar-refractivity contribution in [2.24, 2.45) is 0 Å². The van der Waals surface area contributed by atoms with E-state index in [1.54, 1.807) is 7.11 Å². The lowest BCUT2D eigenvalue weighted by Crippen LogP contribution is -2.50. The van der Waals surface area contributed by atoms with Crippen molar-refractivity contribution >= 4 is 12.0 Å². The van der Waals surface area contributed by atoms with E-state index in [1.807, 2.05) is 13.8 Å². The number of aliphatic carboxylic acids is 1. The van der Waals surface area contributed by atoms with Crippen molar-refractivity contribution in [1.29, 1.82) is 0 Å². The van der Waals surface area contributed by atoms with Crippen molar-refractivity contribution in [3.05, 3.63) is 11.9 Å². The van der Waals surface area contributed by atoms with Crippen LogP contribution in [0.25, 0.3) is 0 Å². The van der Waals surface area contributed by atoms with Crippen molar-refractivity contribution in [2.75, 3.05) is 13.7 Å². The molecule has 1 aromatic heterocycles. The highest BCUT2D eigenvalue weighted by Gasteiger charge is 2.20. The van der Waals surface area contributed by atoms with Crippen LogP contribution >= 0.6 is 0 Å². The molecule has 0 aliphatic heterocycles. The van der Waals surface area contributed by atoms with Gasteiger partial charge in [-0.2, -0.15) is 0 Å². The quantitative estimate of drug-likeness (QED) is 0.626. The summed E-state index contributed by atoms with van der Waals surface area (Å²) in [5.74, 6) is -1.01. The van der Waals surface area contributed by atoms with Gasteiger partial charge in [0.15, 0.2) is 0 Å². The highest BCUT2D eigenvalue weighted by Crippen LogP contribution is 2.01. The molecule has 0 unspecified atom stereocenters. The van der Waals surface area contributed by atoms with Gasteiger partial charge >= 0.3 is 12.0 Å². The summed E-state index contributed by atoms with van der Waals surface area (Å²) < 4.78 is 6.17. The molecule has 0 aromatic carbocycles. The molecule has 112 valence electrons. The first kappa shape index (κ1) is 15.9. The predicted octanol–water partition coefficient (Wildman–Crippen LogP) is -0.413. The summed E-state index contributed by atoms with van der Waals surface area (Å²) in [4.78, 5) is 22.1. The number of nitrogens with one attached hydrogen (secondary N) is 2. The lowest BCUT2D eigenvalue weighted by Gasteiger charge is -2.25. The Morgan fingerprint density at radius 1 is 1.50 bits per heavy atom. The Bertz CT molecular complexity index is 471. The third-order valence-corrected chi connectivity index (χ3v) is 2.27. The van der Waals surface area contributed by atoms with Crippen molar-refractivity contribution in [1.82, 2.24) is 25.6 Å². The van der Waals surface area contributed by atoms with Crippen LogP contribution in [0, 0.1) is 0 Å². The van der Waals surface area contributed by atoms with E-state index in [1.165, 1.54) is 10.9 Å². The predicted molar refractivity (Wildman–Crippen MR) is 69.0 cm³/mol. The van der Waals surface area contributed by atoms with Gasteiger partial charge in [-0.3, -0.25) is 4.79 Å². The standard InChI is InChI=1S/C11H19N5O4/c1-11(2,7-20-3)13-10(19)12-4-8-5-16(15-14-8)6-9(17)18/h5H,4,6-7H2,1-3H3,(H,17,18)(H2,12,13,19). The largest absolute Gasteiger partial charge is 0.480 e. The Hall–Kier alpha value is -2.16. The molecular weight excluding hydrogens is 266 g/mol. The lowest BCUT2D eigenvalue weighted by atomic mass is 10.1. The number of hydrogen-bond donors (Lipinski definition) is 3. The molecule has 3 N–H and O–H groups in total. The topological polar surface area (TPSA) is 118 Å². The molecule has 0 radical (unpaired) electrons. The first-order valence-electron chi connectivity index (χ1n) is 5.98. The Balaban J connectivity index is 2.41. The van der Waals surface area contributed by atoms with Crippen LogP contribution in [0.15, 0.2) is 6.20 Å². The van der Waals surface area contributed by atoms with Crippen LogP contribution in [0.5, 0.6) is 0 Å². The van der Waals surface area contributed by atoms with Gasteiger partial charge in [0.2, 0.25) is 0 Å². The van der Waals surface area contributed by atoms with Crippen LogP contribution in [0.2, 0.25) is 0 Å². The molecule has 0 saturated carbocycles. The number of methoxy groups -OCH3 is 1. The second-order valence-electron chi connectivity index (χ2n) is 4.93. The zero-order chi connectivity index (χ0) is 15.2. The third kappa shape index (κ3) is 5.65. The average molecular weight is 285 g/mol. The molecule has 1 rings (SSSR count). The summed E-state index contributed by atoms with van der Waals surface area (Å²) >= 11 is 0. The number of carboxylic acids is 1. The molecule has 0 aliphatic carbocycles. The molecule has 0 spiro atoms. The van der Waals surface area contributed by atoms with E-state index in [4.69, 9.17) is 9.84 Å². The average Bonchev–Trinajstić information content (AvgIpc) is 2.72. The maximum absolute atomic E-state index is 11.7. The van der Waals surface area contributed by atoms with Crippen molar-refractivity contribution < 1.29 is 19.4 Å². The molecule has 20 heavy (non-hydrogen) atoms. The van der Waals surface area contributed by atoms with Gasteiger partial charge in [-0.15, -0.1) is 5.10 Å². The van der Waals surface area contributed by atoms with Crippen molar-refractivity contribution in [3.63, 3.8) is 0 Å². The molecule has 0 saturated heterocycles. The molecule has 9 heteroatoms. The van der Waals surface area contributed by atoms with E-state index >= 15 is 0 Å². The number of carboxylic acid groups (broad SMARTS) is 1. The summed E-state index contributed by atoms with van der Waals surface area (Å²) in [5, 5.41) is 21.3. The minimum absolute atomic E-state index is 0.161. The van der Waals surface area contributed by atoms with Crippen LogP contribution in [0.1, 0.15) is 19.5 Å². The lowest BCUT2D eigenvalue weighted by molar-refractivity contribution is -0.137. The Labute approximate surface area is 116 Å². The number of aromatic nitrogens is 3. The summed E-state index contributed by atoms with van der Waals surface area (Å²) in [6.07, 6.45) is 1.47. The number of ether oxygens (including phenoxy) is 1. The molecular formula is C11H19N5O4. The second kappa shape index (κ2) is 6.85. The maximum atomic E-state index is 11.7. The molecule has 1 aromatic rings. The van der Waals surface area contributed by atoms with Gasteiger partial charge in [0.05, 0.1) is 24.9 Å². The molecule has 9 nitrogen and oxygen atoms in total. The fourth-order valence-corrected chi connectivity index (χ4v) is 1.55. The fourth-order valence-electron chi connectivity index (χ4n) is 1.55. The molecule has 0 fully saturated rings. The highest BCUT2D eigenvalue weighted by atomic mass is 16.5.